The Morgan fingerprint density at radius 1 is 1.35 bits per heavy atom. The first-order valence-electron chi connectivity index (χ1n) is 7.40. The summed E-state index contributed by atoms with van der Waals surface area (Å²) in [5.41, 5.74) is 8.37. The van der Waals surface area contributed by atoms with E-state index in [1.165, 1.54) is 29.9 Å². The van der Waals surface area contributed by atoms with E-state index in [0.29, 0.717) is 24.5 Å². The molecule has 0 amide bonds. The van der Waals surface area contributed by atoms with Crippen LogP contribution in [0.15, 0.2) is 41.6 Å². The van der Waals surface area contributed by atoms with Gasteiger partial charge < -0.3 is 10.5 Å². The lowest BCUT2D eigenvalue weighted by molar-refractivity contribution is 0.411. The minimum atomic E-state index is -3.71. The number of aryl methyl sites for hydroxylation is 1. The topological polar surface area (TPSA) is 85.5 Å². The summed E-state index contributed by atoms with van der Waals surface area (Å²) in [6.07, 6.45) is 4.45. The van der Waals surface area contributed by atoms with E-state index in [1.807, 2.05) is 18.2 Å². The predicted molar refractivity (Wildman–Crippen MR) is 88.0 cm³/mol. The number of ether oxygens (including phenoxy) is 1. The van der Waals surface area contributed by atoms with E-state index < -0.39 is 10.0 Å². The van der Waals surface area contributed by atoms with E-state index in [0.717, 1.165) is 24.0 Å². The summed E-state index contributed by atoms with van der Waals surface area (Å²) in [5.74, 6) is 0.412. The molecular formula is C16H19N3O3S. The third kappa shape index (κ3) is 2.77. The maximum absolute atomic E-state index is 13.1. The van der Waals surface area contributed by atoms with Crippen LogP contribution in [0.1, 0.15) is 17.5 Å². The van der Waals surface area contributed by atoms with Crippen molar-refractivity contribution >= 4 is 15.7 Å². The van der Waals surface area contributed by atoms with Crippen LogP contribution >= 0.6 is 0 Å². The molecule has 1 aliphatic rings. The number of para-hydroxylation sites is 1. The summed E-state index contributed by atoms with van der Waals surface area (Å²) in [5, 5.41) is 0. The first-order valence-corrected chi connectivity index (χ1v) is 8.84. The summed E-state index contributed by atoms with van der Waals surface area (Å²) < 4.78 is 32.7. The summed E-state index contributed by atoms with van der Waals surface area (Å²) in [6, 6.07) is 7.24. The van der Waals surface area contributed by atoms with E-state index in [2.05, 4.69) is 4.98 Å². The Morgan fingerprint density at radius 2 is 2.17 bits per heavy atom. The number of hydrogen-bond acceptors (Lipinski definition) is 5. The van der Waals surface area contributed by atoms with Crippen LogP contribution in [0, 0.1) is 0 Å². The lowest BCUT2D eigenvalue weighted by Gasteiger charge is -2.32. The van der Waals surface area contributed by atoms with Crippen LogP contribution in [0.2, 0.25) is 0 Å². The molecule has 2 N–H and O–H groups in total. The molecular weight excluding hydrogens is 314 g/mol. The molecule has 2 heterocycles. The van der Waals surface area contributed by atoms with Gasteiger partial charge in [-0.25, -0.2) is 8.42 Å². The number of benzene rings is 1. The number of nitrogens with two attached hydrogens (primary N) is 1. The second kappa shape index (κ2) is 6.17. The zero-order valence-corrected chi connectivity index (χ0v) is 13.7. The van der Waals surface area contributed by atoms with Crippen molar-refractivity contribution in [2.24, 2.45) is 5.73 Å². The SMILES string of the molecule is COc1cncc(S(=O)(=O)N2CCCc3cccc(CN)c32)c1. The fourth-order valence-electron chi connectivity index (χ4n) is 2.88. The number of nitrogens with zero attached hydrogens (tertiary/aromatic N) is 2. The first-order chi connectivity index (χ1) is 11.1. The van der Waals surface area contributed by atoms with Crippen molar-refractivity contribution in [3.05, 3.63) is 47.8 Å². The van der Waals surface area contributed by atoms with E-state index in [1.54, 1.807) is 0 Å². The highest BCUT2D eigenvalue weighted by Crippen LogP contribution is 2.35. The van der Waals surface area contributed by atoms with Crippen molar-refractivity contribution < 1.29 is 13.2 Å². The summed E-state index contributed by atoms with van der Waals surface area (Å²) >= 11 is 0. The second-order valence-electron chi connectivity index (χ2n) is 5.37. The Kier molecular flexibility index (Phi) is 4.23. The van der Waals surface area contributed by atoms with E-state index >= 15 is 0 Å². The van der Waals surface area contributed by atoms with Crippen LogP contribution in [0.5, 0.6) is 5.75 Å². The van der Waals surface area contributed by atoms with Crippen LogP contribution in [0.25, 0.3) is 0 Å². The van der Waals surface area contributed by atoms with E-state index in [4.69, 9.17) is 10.5 Å². The summed E-state index contributed by atoms with van der Waals surface area (Å²) in [7, 11) is -2.22. The Bertz CT molecular complexity index is 807. The molecule has 0 radical (unpaired) electrons. The normalized spacial score (nSPS) is 14.4. The molecule has 1 aliphatic heterocycles. The molecule has 3 rings (SSSR count). The van der Waals surface area contributed by atoms with Crippen molar-refractivity contribution in [3.63, 3.8) is 0 Å². The highest BCUT2D eigenvalue weighted by atomic mass is 32.2. The minimum absolute atomic E-state index is 0.122. The Morgan fingerprint density at radius 3 is 2.91 bits per heavy atom. The highest BCUT2D eigenvalue weighted by Gasteiger charge is 2.31. The van der Waals surface area contributed by atoms with Gasteiger partial charge in [-0.2, -0.15) is 0 Å². The molecule has 0 aliphatic carbocycles. The summed E-state index contributed by atoms with van der Waals surface area (Å²) in [6.45, 7) is 0.731. The molecule has 1 aromatic heterocycles. The van der Waals surface area contributed by atoms with Crippen LogP contribution in [-0.2, 0) is 23.0 Å². The van der Waals surface area contributed by atoms with Crippen molar-refractivity contribution in [1.29, 1.82) is 0 Å². The number of fused-ring (bicyclic) bond motifs is 1. The quantitative estimate of drug-likeness (QED) is 0.920. The molecule has 23 heavy (non-hydrogen) atoms. The molecule has 1 aromatic carbocycles. The van der Waals surface area contributed by atoms with Crippen molar-refractivity contribution in [1.82, 2.24) is 4.98 Å². The largest absolute Gasteiger partial charge is 0.495 e. The highest BCUT2D eigenvalue weighted by molar-refractivity contribution is 7.92. The molecule has 0 fully saturated rings. The van der Waals surface area contributed by atoms with E-state index in [9.17, 15) is 8.42 Å². The molecule has 0 atom stereocenters. The lowest BCUT2D eigenvalue weighted by Crippen LogP contribution is -2.36. The molecule has 0 bridgehead atoms. The van der Waals surface area contributed by atoms with Crippen LogP contribution < -0.4 is 14.8 Å². The Balaban J connectivity index is 2.12. The molecule has 0 saturated carbocycles. The van der Waals surface area contributed by atoms with Gasteiger partial charge in [0.2, 0.25) is 0 Å². The molecule has 2 aromatic rings. The Hall–Kier alpha value is -2.12. The van der Waals surface area contributed by atoms with Crippen LogP contribution in [-0.4, -0.2) is 27.1 Å². The zero-order valence-electron chi connectivity index (χ0n) is 12.9. The number of aromatic nitrogens is 1. The van der Waals surface area contributed by atoms with Crippen molar-refractivity contribution in [2.75, 3.05) is 18.0 Å². The maximum Gasteiger partial charge on any atom is 0.266 e. The van der Waals surface area contributed by atoms with Gasteiger partial charge >= 0.3 is 0 Å². The average molecular weight is 333 g/mol. The zero-order chi connectivity index (χ0) is 16.4. The fourth-order valence-corrected chi connectivity index (χ4v) is 4.43. The van der Waals surface area contributed by atoms with E-state index in [-0.39, 0.29) is 4.90 Å². The standard InChI is InChI=1S/C16H19N3O3S/c1-22-14-8-15(11-18-10-14)23(20,21)19-7-3-6-12-4-2-5-13(9-17)16(12)19/h2,4-5,8,10-11H,3,6-7,9,17H2,1H3. The third-order valence-electron chi connectivity index (χ3n) is 3.99. The number of methoxy groups -OCH3 is 1. The monoisotopic (exact) mass is 333 g/mol. The van der Waals surface area contributed by atoms with Gasteiger partial charge in [-0.3, -0.25) is 9.29 Å². The number of pyridine rings is 1. The average Bonchev–Trinajstić information content (AvgIpc) is 2.60. The summed E-state index contributed by atoms with van der Waals surface area (Å²) in [4.78, 5) is 4.08. The molecule has 0 spiro atoms. The Labute approximate surface area is 136 Å². The predicted octanol–water partition coefficient (Wildman–Crippen LogP) is 1.69. The number of sulfonamides is 1. The molecule has 6 nitrogen and oxygen atoms in total. The van der Waals surface area contributed by atoms with Gasteiger partial charge in [-0.1, -0.05) is 18.2 Å². The number of hydrogen-bond donors (Lipinski definition) is 1. The first kappa shape index (κ1) is 15.8. The van der Waals surface area contributed by atoms with Crippen LogP contribution in [0.3, 0.4) is 0 Å². The third-order valence-corrected chi connectivity index (χ3v) is 5.76. The van der Waals surface area contributed by atoms with Gasteiger partial charge in [0.15, 0.2) is 0 Å². The smallest absolute Gasteiger partial charge is 0.266 e. The fraction of sp³-hybridized carbons (Fsp3) is 0.312. The van der Waals surface area contributed by atoms with Crippen LogP contribution in [0.4, 0.5) is 5.69 Å². The maximum atomic E-state index is 13.1. The van der Waals surface area contributed by atoms with Crippen molar-refractivity contribution in [3.8, 4) is 5.75 Å². The molecule has 0 unspecified atom stereocenters. The number of rotatable bonds is 4. The van der Waals surface area contributed by atoms with Gasteiger partial charge in [0.25, 0.3) is 10.0 Å². The van der Waals surface area contributed by atoms with Crippen molar-refractivity contribution in [2.45, 2.75) is 24.3 Å². The lowest BCUT2D eigenvalue weighted by atomic mass is 9.99. The van der Waals surface area contributed by atoms with Gasteiger partial charge in [-0.15, -0.1) is 0 Å². The van der Waals surface area contributed by atoms with Gasteiger partial charge in [0.05, 0.1) is 19.0 Å². The number of anilines is 1. The molecule has 122 valence electrons. The molecule has 7 heteroatoms. The minimum Gasteiger partial charge on any atom is -0.495 e. The second-order valence-corrected chi connectivity index (χ2v) is 7.23. The van der Waals surface area contributed by atoms with Gasteiger partial charge in [0, 0.05) is 25.4 Å². The molecule has 0 saturated heterocycles. The van der Waals surface area contributed by atoms with Gasteiger partial charge in [-0.05, 0) is 24.0 Å². The van der Waals surface area contributed by atoms with Gasteiger partial charge in [0.1, 0.15) is 10.6 Å².